The molecule has 9 nitrogen and oxygen atoms in total. The average Bonchev–Trinajstić information content (AvgIpc) is 3.20. The molecule has 2 aliphatic heterocycles. The summed E-state index contributed by atoms with van der Waals surface area (Å²) in [5, 5.41) is 11.4. The van der Waals surface area contributed by atoms with E-state index < -0.39 is 0 Å². The molecule has 0 saturated carbocycles. The van der Waals surface area contributed by atoms with Crippen LogP contribution < -0.4 is 15.5 Å². The second-order valence-electron chi connectivity index (χ2n) is 8.30. The van der Waals surface area contributed by atoms with Gasteiger partial charge in [0.25, 0.3) is 0 Å². The molecule has 2 aliphatic rings. The molecule has 3 heterocycles. The Morgan fingerprint density at radius 1 is 1.24 bits per heavy atom. The largest absolute Gasteiger partial charge is 0.377 e. The van der Waals surface area contributed by atoms with Gasteiger partial charge < -0.3 is 20.3 Å². The number of guanidine groups is 1. The number of piperidine rings is 1. The molecule has 0 radical (unpaired) electrons. The summed E-state index contributed by atoms with van der Waals surface area (Å²) in [5.41, 5.74) is 2.09. The van der Waals surface area contributed by atoms with Gasteiger partial charge in [0.1, 0.15) is 12.4 Å². The highest BCUT2D eigenvalue weighted by molar-refractivity contribution is 14.0. The smallest absolute Gasteiger partial charge is 0.226 e. The Labute approximate surface area is 212 Å². The number of aryl methyl sites for hydroxylation is 1. The van der Waals surface area contributed by atoms with Crippen LogP contribution in [0.2, 0.25) is 0 Å². The van der Waals surface area contributed by atoms with Crippen molar-refractivity contribution in [2.45, 2.75) is 64.8 Å². The van der Waals surface area contributed by atoms with Crippen LogP contribution in [0.1, 0.15) is 49.8 Å². The van der Waals surface area contributed by atoms with Crippen molar-refractivity contribution in [3.8, 4) is 0 Å². The lowest BCUT2D eigenvalue weighted by Gasteiger charge is -2.27. The molecule has 1 aromatic heterocycles. The van der Waals surface area contributed by atoms with Crippen molar-refractivity contribution in [1.29, 1.82) is 0 Å². The third kappa shape index (κ3) is 6.66. The van der Waals surface area contributed by atoms with Crippen molar-refractivity contribution in [2.75, 3.05) is 25.1 Å². The highest BCUT2D eigenvalue weighted by Crippen LogP contribution is 2.21. The van der Waals surface area contributed by atoms with Gasteiger partial charge in [0.2, 0.25) is 5.91 Å². The van der Waals surface area contributed by atoms with E-state index in [1.807, 2.05) is 21.7 Å². The molecule has 0 spiro atoms. The van der Waals surface area contributed by atoms with E-state index in [9.17, 15) is 4.79 Å². The summed E-state index contributed by atoms with van der Waals surface area (Å²) in [6, 6.07) is 8.41. The van der Waals surface area contributed by atoms with Gasteiger partial charge in [-0.3, -0.25) is 4.79 Å². The lowest BCUT2D eigenvalue weighted by atomic mass is 10.1. The molecule has 0 aliphatic carbocycles. The fraction of sp³-hybridized carbons (Fsp3) is 0.565. The third-order valence-corrected chi connectivity index (χ3v) is 5.85. The number of ether oxygens (including phenoxy) is 1. The van der Waals surface area contributed by atoms with E-state index in [4.69, 9.17) is 9.73 Å². The van der Waals surface area contributed by atoms with Gasteiger partial charge in [0, 0.05) is 44.8 Å². The number of halogens is 1. The van der Waals surface area contributed by atoms with Gasteiger partial charge in [-0.25, -0.2) is 14.7 Å². The van der Waals surface area contributed by atoms with Crippen LogP contribution >= 0.6 is 24.0 Å². The number of anilines is 1. The Bertz CT molecular complexity index is 945. The number of fused-ring (bicyclic) bond motifs is 1. The summed E-state index contributed by atoms with van der Waals surface area (Å²) in [7, 11) is 1.66. The van der Waals surface area contributed by atoms with Gasteiger partial charge in [0.05, 0.1) is 13.1 Å². The first-order valence-corrected chi connectivity index (χ1v) is 11.5. The summed E-state index contributed by atoms with van der Waals surface area (Å²) < 4.78 is 7.12. The Morgan fingerprint density at radius 2 is 2.06 bits per heavy atom. The van der Waals surface area contributed by atoms with Crippen LogP contribution in [0.5, 0.6) is 0 Å². The first kappa shape index (κ1) is 25.4. The van der Waals surface area contributed by atoms with E-state index >= 15 is 0 Å². The van der Waals surface area contributed by atoms with Crippen molar-refractivity contribution >= 4 is 41.5 Å². The predicted octanol–water partition coefficient (Wildman–Crippen LogP) is 2.63. The maximum atomic E-state index is 12.1. The Kier molecular flexibility index (Phi) is 9.48. The van der Waals surface area contributed by atoms with Crippen molar-refractivity contribution in [2.24, 2.45) is 4.99 Å². The van der Waals surface area contributed by atoms with Crippen LogP contribution in [0.15, 0.2) is 29.3 Å². The maximum absolute atomic E-state index is 12.1. The fourth-order valence-electron chi connectivity index (χ4n) is 4.21. The summed E-state index contributed by atoms with van der Waals surface area (Å²) in [5.74, 6) is 2.77. The summed E-state index contributed by atoms with van der Waals surface area (Å²) in [6.07, 6.45) is 4.57. The molecule has 2 N–H and O–H groups in total. The number of hydrogen-bond acceptors (Lipinski definition) is 5. The van der Waals surface area contributed by atoms with Gasteiger partial charge >= 0.3 is 0 Å². The third-order valence-electron chi connectivity index (χ3n) is 5.85. The topological polar surface area (TPSA) is 96.7 Å². The number of nitrogens with zero attached hydrogens (tertiary/aromatic N) is 5. The number of hydrogen-bond donors (Lipinski definition) is 2. The van der Waals surface area contributed by atoms with Crippen LogP contribution in [0.3, 0.4) is 0 Å². The molecule has 33 heavy (non-hydrogen) atoms. The van der Waals surface area contributed by atoms with Crippen LogP contribution in [0.4, 0.5) is 5.69 Å². The zero-order valence-corrected chi connectivity index (χ0v) is 21.7. The standard InChI is InChI=1S/C23H33N7O2.HI/c1-3-24-23(26-18-9-12-21-27-20(16-32-2)28-30(21)15-18)25-14-17-7-10-19(11-8-17)29-13-5-4-6-22(29)31;/h7-8,10-11,18H,3-6,9,12-16H2,1-2H3,(H2,24,25,26);1H. The van der Waals surface area contributed by atoms with Gasteiger partial charge in [-0.1, -0.05) is 12.1 Å². The van der Waals surface area contributed by atoms with Crippen LogP contribution in [0.25, 0.3) is 0 Å². The molecule has 1 aromatic carbocycles. The van der Waals surface area contributed by atoms with Crippen LogP contribution in [-0.2, 0) is 35.6 Å². The first-order valence-electron chi connectivity index (χ1n) is 11.5. The van der Waals surface area contributed by atoms with Gasteiger partial charge in [0.15, 0.2) is 11.8 Å². The summed E-state index contributed by atoms with van der Waals surface area (Å²) in [6.45, 7) is 5.44. The Hall–Kier alpha value is -2.21. The Balaban J connectivity index is 0.00000306. The maximum Gasteiger partial charge on any atom is 0.226 e. The minimum absolute atomic E-state index is 0. The fourth-order valence-corrected chi connectivity index (χ4v) is 4.21. The van der Waals surface area contributed by atoms with Crippen molar-refractivity contribution < 1.29 is 9.53 Å². The van der Waals surface area contributed by atoms with Crippen molar-refractivity contribution in [3.63, 3.8) is 0 Å². The minimum atomic E-state index is 0. The molecular formula is C23H34IN7O2. The average molecular weight is 567 g/mol. The number of carbonyl (C=O) groups excluding carboxylic acids is 1. The lowest BCUT2D eigenvalue weighted by Crippen LogP contribution is -2.47. The van der Waals surface area contributed by atoms with Gasteiger partial charge in [-0.2, -0.15) is 5.10 Å². The highest BCUT2D eigenvalue weighted by Gasteiger charge is 2.22. The number of rotatable bonds is 7. The number of aromatic nitrogens is 3. The van der Waals surface area contributed by atoms with Crippen molar-refractivity contribution in [3.05, 3.63) is 41.5 Å². The van der Waals surface area contributed by atoms with E-state index in [1.165, 1.54) is 0 Å². The number of nitrogens with one attached hydrogen (secondary N) is 2. The molecule has 1 unspecified atom stereocenters. The van der Waals surface area contributed by atoms with E-state index in [-0.39, 0.29) is 35.9 Å². The molecule has 180 valence electrons. The monoisotopic (exact) mass is 567 g/mol. The molecule has 4 rings (SSSR count). The molecule has 1 amide bonds. The number of carbonyl (C=O) groups is 1. The molecule has 2 aromatic rings. The molecule has 1 atom stereocenters. The van der Waals surface area contributed by atoms with Gasteiger partial charge in [-0.15, -0.1) is 24.0 Å². The van der Waals surface area contributed by atoms with E-state index in [1.54, 1.807) is 7.11 Å². The normalized spacial score (nSPS) is 18.5. The van der Waals surface area contributed by atoms with Crippen LogP contribution in [0, 0.1) is 0 Å². The highest BCUT2D eigenvalue weighted by atomic mass is 127. The number of amides is 1. The number of aliphatic imine (C=N–C) groups is 1. The zero-order chi connectivity index (χ0) is 22.3. The number of methoxy groups -OCH3 is 1. The molecular weight excluding hydrogens is 533 g/mol. The number of benzene rings is 1. The Morgan fingerprint density at radius 3 is 2.79 bits per heavy atom. The minimum Gasteiger partial charge on any atom is -0.377 e. The van der Waals surface area contributed by atoms with Crippen molar-refractivity contribution in [1.82, 2.24) is 25.4 Å². The predicted molar refractivity (Wildman–Crippen MR) is 139 cm³/mol. The first-order chi connectivity index (χ1) is 15.7. The summed E-state index contributed by atoms with van der Waals surface area (Å²) >= 11 is 0. The molecule has 1 fully saturated rings. The van der Waals surface area contributed by atoms with E-state index in [0.29, 0.717) is 19.6 Å². The second-order valence-corrected chi connectivity index (χ2v) is 8.30. The SMILES string of the molecule is CCNC(=NCc1ccc(N2CCCCC2=O)cc1)NC1CCc2nc(COC)nn2C1.I. The quantitative estimate of drug-likeness (QED) is 0.304. The van der Waals surface area contributed by atoms with Gasteiger partial charge in [-0.05, 0) is 43.9 Å². The molecule has 1 saturated heterocycles. The van der Waals surface area contributed by atoms with E-state index in [0.717, 1.165) is 74.2 Å². The van der Waals surface area contributed by atoms with Crippen LogP contribution in [-0.4, -0.2) is 52.9 Å². The molecule has 0 bridgehead atoms. The molecule has 10 heteroatoms. The van der Waals surface area contributed by atoms with E-state index in [2.05, 4.69) is 39.8 Å². The summed E-state index contributed by atoms with van der Waals surface area (Å²) in [4.78, 5) is 23.3. The lowest BCUT2D eigenvalue weighted by molar-refractivity contribution is -0.119. The zero-order valence-electron chi connectivity index (χ0n) is 19.4. The second kappa shape index (κ2) is 12.3.